The van der Waals surface area contributed by atoms with Crippen LogP contribution in [0.2, 0.25) is 0 Å². The minimum Gasteiger partial charge on any atom is -0.497 e. The second kappa shape index (κ2) is 6.40. The van der Waals surface area contributed by atoms with E-state index < -0.39 is 0 Å². The molecular formula is C13H16N4OS. The summed E-state index contributed by atoms with van der Waals surface area (Å²) in [5, 5.41) is 0. The molecule has 1 aromatic heterocycles. The average molecular weight is 276 g/mol. The number of aromatic nitrogens is 2. The number of nitrogens with one attached hydrogen (secondary N) is 1. The van der Waals surface area contributed by atoms with Crippen LogP contribution < -0.4 is 16.0 Å². The highest BCUT2D eigenvalue weighted by molar-refractivity contribution is 7.98. The third-order valence-electron chi connectivity index (χ3n) is 2.48. The van der Waals surface area contributed by atoms with Crippen LogP contribution in [0.1, 0.15) is 11.5 Å². The van der Waals surface area contributed by atoms with Gasteiger partial charge in [-0.15, -0.1) is 11.8 Å². The van der Waals surface area contributed by atoms with Crippen LogP contribution in [0.15, 0.2) is 35.2 Å². The van der Waals surface area contributed by atoms with Gasteiger partial charge in [0.25, 0.3) is 0 Å². The number of nitrogens with zero attached hydrogens (tertiary/aromatic N) is 2. The number of rotatable bonds is 5. The fourth-order valence-electron chi connectivity index (χ4n) is 1.59. The molecule has 0 aliphatic carbocycles. The Labute approximate surface area is 116 Å². The Morgan fingerprint density at radius 2 is 2.00 bits per heavy atom. The fraction of sp³-hybridized carbons (Fsp3) is 0.231. The second-order valence-electron chi connectivity index (χ2n) is 3.92. The topological polar surface area (TPSA) is 73.1 Å². The number of hydrogen-bond donors (Lipinski definition) is 2. The van der Waals surface area contributed by atoms with Gasteiger partial charge in [-0.3, -0.25) is 0 Å². The number of ether oxygens (including phenoxy) is 1. The van der Waals surface area contributed by atoms with Crippen LogP contribution in [0.3, 0.4) is 0 Å². The van der Waals surface area contributed by atoms with Gasteiger partial charge in [-0.1, -0.05) is 0 Å². The Morgan fingerprint density at radius 1 is 1.26 bits per heavy atom. The van der Waals surface area contributed by atoms with Crippen molar-refractivity contribution in [1.82, 2.24) is 9.97 Å². The van der Waals surface area contributed by atoms with Crippen LogP contribution in [0.5, 0.6) is 5.75 Å². The minimum atomic E-state index is 0.637. The van der Waals surface area contributed by atoms with Gasteiger partial charge in [0, 0.05) is 16.7 Å². The summed E-state index contributed by atoms with van der Waals surface area (Å²) >= 11 is 1.67. The average Bonchev–Trinajstić information content (AvgIpc) is 2.45. The maximum Gasteiger partial charge on any atom is 0.143 e. The standard InChI is InChI=1S/C13H16N4OS/c1-9-7-12(17-14)16-13(15-9)8-19-11-5-3-10(18-2)4-6-11/h3-7H,8,14H2,1-2H3,(H,15,16,17). The summed E-state index contributed by atoms with van der Waals surface area (Å²) in [4.78, 5) is 9.83. The smallest absolute Gasteiger partial charge is 0.143 e. The van der Waals surface area contributed by atoms with Gasteiger partial charge >= 0.3 is 0 Å². The molecule has 0 fully saturated rings. The van der Waals surface area contributed by atoms with Gasteiger partial charge in [0.15, 0.2) is 0 Å². The van der Waals surface area contributed by atoms with E-state index in [4.69, 9.17) is 10.6 Å². The van der Waals surface area contributed by atoms with E-state index in [1.165, 1.54) is 0 Å². The number of hydrazine groups is 1. The zero-order valence-electron chi connectivity index (χ0n) is 10.9. The van der Waals surface area contributed by atoms with Crippen LogP contribution in [0.4, 0.5) is 5.82 Å². The van der Waals surface area contributed by atoms with Crippen LogP contribution >= 0.6 is 11.8 Å². The molecule has 5 nitrogen and oxygen atoms in total. The molecule has 0 unspecified atom stereocenters. The van der Waals surface area contributed by atoms with Crippen LogP contribution in [0.25, 0.3) is 0 Å². The fourth-order valence-corrected chi connectivity index (χ4v) is 2.34. The molecule has 6 heteroatoms. The maximum absolute atomic E-state index is 5.37. The Kier molecular flexibility index (Phi) is 4.59. The Balaban J connectivity index is 2.03. The molecule has 100 valence electrons. The lowest BCUT2D eigenvalue weighted by Crippen LogP contribution is -2.10. The summed E-state index contributed by atoms with van der Waals surface area (Å²) in [7, 11) is 1.66. The van der Waals surface area contributed by atoms with Gasteiger partial charge in [-0.2, -0.15) is 0 Å². The molecule has 1 heterocycles. The monoisotopic (exact) mass is 276 g/mol. The minimum absolute atomic E-state index is 0.637. The Morgan fingerprint density at radius 3 is 2.63 bits per heavy atom. The molecule has 0 spiro atoms. The second-order valence-corrected chi connectivity index (χ2v) is 4.97. The molecule has 2 aromatic rings. The van der Waals surface area contributed by atoms with Crippen molar-refractivity contribution in [3.63, 3.8) is 0 Å². The summed E-state index contributed by atoms with van der Waals surface area (Å²) in [5.74, 6) is 8.31. The number of nitrogens with two attached hydrogens (primary N) is 1. The van der Waals surface area contributed by atoms with Crippen molar-refractivity contribution >= 4 is 17.6 Å². The van der Waals surface area contributed by atoms with Crippen molar-refractivity contribution < 1.29 is 4.74 Å². The highest BCUT2D eigenvalue weighted by Gasteiger charge is 2.03. The van der Waals surface area contributed by atoms with Crippen LogP contribution in [-0.4, -0.2) is 17.1 Å². The molecule has 0 aliphatic heterocycles. The number of aryl methyl sites for hydroxylation is 1. The first-order valence-corrected chi connectivity index (χ1v) is 6.78. The van der Waals surface area contributed by atoms with Gasteiger partial charge in [0.2, 0.25) is 0 Å². The SMILES string of the molecule is COc1ccc(SCc2nc(C)cc(NN)n2)cc1. The van der Waals surface area contributed by atoms with Gasteiger partial charge in [-0.05, 0) is 31.2 Å². The summed E-state index contributed by atoms with van der Waals surface area (Å²) < 4.78 is 5.12. The predicted molar refractivity (Wildman–Crippen MR) is 77.1 cm³/mol. The van der Waals surface area contributed by atoms with E-state index >= 15 is 0 Å². The largest absolute Gasteiger partial charge is 0.497 e. The Bertz CT molecular complexity index is 545. The van der Waals surface area contributed by atoms with Crippen LogP contribution in [0, 0.1) is 6.92 Å². The normalized spacial score (nSPS) is 10.3. The summed E-state index contributed by atoms with van der Waals surface area (Å²) in [6.45, 7) is 1.92. The summed E-state index contributed by atoms with van der Waals surface area (Å²) in [6, 6.07) is 9.71. The Hall–Kier alpha value is -1.79. The molecule has 0 amide bonds. The number of hydrogen-bond acceptors (Lipinski definition) is 6. The van der Waals surface area contributed by atoms with Gasteiger partial charge in [-0.25, -0.2) is 15.8 Å². The molecule has 1 aromatic carbocycles. The first-order valence-electron chi connectivity index (χ1n) is 5.79. The number of nitrogen functional groups attached to an aromatic ring is 1. The van der Waals surface area contributed by atoms with Gasteiger partial charge in [0.05, 0.1) is 12.9 Å². The lowest BCUT2D eigenvalue weighted by Gasteiger charge is -2.06. The van der Waals surface area contributed by atoms with Crippen molar-refractivity contribution in [2.75, 3.05) is 12.5 Å². The first kappa shape index (κ1) is 13.6. The zero-order valence-corrected chi connectivity index (χ0v) is 11.7. The lowest BCUT2D eigenvalue weighted by molar-refractivity contribution is 0.414. The van der Waals surface area contributed by atoms with E-state index in [1.807, 2.05) is 37.3 Å². The van der Waals surface area contributed by atoms with E-state index in [0.717, 1.165) is 22.2 Å². The van der Waals surface area contributed by atoms with Gasteiger partial charge < -0.3 is 10.2 Å². The van der Waals surface area contributed by atoms with Crippen molar-refractivity contribution in [1.29, 1.82) is 0 Å². The molecule has 0 aliphatic rings. The summed E-state index contributed by atoms with van der Waals surface area (Å²) in [5.41, 5.74) is 3.44. The van der Waals surface area contributed by atoms with E-state index in [-0.39, 0.29) is 0 Å². The van der Waals surface area contributed by atoms with Crippen LogP contribution in [-0.2, 0) is 5.75 Å². The highest BCUT2D eigenvalue weighted by Crippen LogP contribution is 2.24. The molecular weight excluding hydrogens is 260 g/mol. The quantitative estimate of drug-likeness (QED) is 0.496. The molecule has 0 saturated carbocycles. The molecule has 0 saturated heterocycles. The third-order valence-corrected chi connectivity index (χ3v) is 3.48. The third kappa shape index (κ3) is 3.84. The summed E-state index contributed by atoms with van der Waals surface area (Å²) in [6.07, 6.45) is 0. The van der Waals surface area contributed by atoms with E-state index in [0.29, 0.717) is 11.6 Å². The molecule has 2 rings (SSSR count). The van der Waals surface area contributed by atoms with E-state index in [1.54, 1.807) is 18.9 Å². The number of thioether (sulfide) groups is 1. The van der Waals surface area contributed by atoms with Crippen molar-refractivity contribution in [3.05, 3.63) is 41.9 Å². The highest BCUT2D eigenvalue weighted by atomic mass is 32.2. The van der Waals surface area contributed by atoms with E-state index in [2.05, 4.69) is 15.4 Å². The number of methoxy groups -OCH3 is 1. The van der Waals surface area contributed by atoms with Crippen molar-refractivity contribution in [2.24, 2.45) is 5.84 Å². The zero-order chi connectivity index (χ0) is 13.7. The maximum atomic E-state index is 5.37. The molecule has 0 bridgehead atoms. The van der Waals surface area contributed by atoms with Crippen molar-refractivity contribution in [3.8, 4) is 5.75 Å². The predicted octanol–water partition coefficient (Wildman–Crippen LogP) is 2.37. The van der Waals surface area contributed by atoms with Crippen molar-refractivity contribution in [2.45, 2.75) is 17.6 Å². The number of anilines is 1. The lowest BCUT2D eigenvalue weighted by atomic mass is 10.3. The molecule has 0 atom stereocenters. The molecule has 19 heavy (non-hydrogen) atoms. The first-order chi connectivity index (χ1) is 9.21. The molecule has 0 radical (unpaired) electrons. The number of benzene rings is 1. The molecule has 3 N–H and O–H groups in total. The van der Waals surface area contributed by atoms with E-state index in [9.17, 15) is 0 Å². The van der Waals surface area contributed by atoms with Gasteiger partial charge in [0.1, 0.15) is 17.4 Å².